The third-order valence-electron chi connectivity index (χ3n) is 6.63. The standard InChI is InChI=1S/C29H26FN3O2/c1-29(2)15-22-25(23(34)16-29)24(18-10-12-20(30)13-11-18)26(27(35)19-7-4-3-5-8-19)28(31)33(22)21-9-6-14-32-17-21/h3-14,17,24,31,35H,15-16H2,1-2H3/b27-26+,31-28?. The van der Waals surface area contributed by atoms with Crippen LogP contribution in [0, 0.1) is 16.6 Å². The fraction of sp³-hybridized carbons (Fsp3) is 0.207. The summed E-state index contributed by atoms with van der Waals surface area (Å²) in [4.78, 5) is 19.7. The van der Waals surface area contributed by atoms with E-state index in [1.54, 1.807) is 47.6 Å². The highest BCUT2D eigenvalue weighted by atomic mass is 19.1. The van der Waals surface area contributed by atoms with Crippen molar-refractivity contribution in [3.63, 3.8) is 0 Å². The first kappa shape index (κ1) is 22.7. The van der Waals surface area contributed by atoms with Crippen LogP contribution in [0.3, 0.4) is 0 Å². The molecule has 176 valence electrons. The lowest BCUT2D eigenvalue weighted by Gasteiger charge is -2.45. The van der Waals surface area contributed by atoms with Crippen LogP contribution in [0.4, 0.5) is 10.1 Å². The van der Waals surface area contributed by atoms with Crippen LogP contribution in [0.15, 0.2) is 96.0 Å². The SMILES string of the molecule is CC1(C)CC(=O)C2=C(C1)N(c1cccnc1)C(=N)/C(=C(/O)c1ccccc1)C2c1ccc(F)cc1. The van der Waals surface area contributed by atoms with Gasteiger partial charge < -0.3 is 5.11 Å². The summed E-state index contributed by atoms with van der Waals surface area (Å²) in [6.07, 6.45) is 4.22. The number of pyridine rings is 1. The Morgan fingerprint density at radius 1 is 1.06 bits per heavy atom. The Kier molecular flexibility index (Phi) is 5.59. The third kappa shape index (κ3) is 4.05. The van der Waals surface area contributed by atoms with Gasteiger partial charge in [0.1, 0.15) is 17.4 Å². The van der Waals surface area contributed by atoms with E-state index < -0.39 is 5.92 Å². The molecule has 2 N–H and O–H groups in total. The van der Waals surface area contributed by atoms with E-state index in [-0.39, 0.29) is 28.6 Å². The van der Waals surface area contributed by atoms with Gasteiger partial charge >= 0.3 is 0 Å². The molecule has 1 atom stereocenters. The van der Waals surface area contributed by atoms with Crippen molar-refractivity contribution in [1.82, 2.24) is 4.98 Å². The Labute approximate surface area is 203 Å². The molecule has 0 radical (unpaired) electrons. The summed E-state index contributed by atoms with van der Waals surface area (Å²) in [5, 5.41) is 20.9. The number of halogens is 1. The van der Waals surface area contributed by atoms with Crippen LogP contribution in [0.25, 0.3) is 5.76 Å². The number of carbonyl (C=O) groups excluding carboxylic acids is 1. The molecule has 0 spiro atoms. The molecule has 2 aromatic carbocycles. The number of allylic oxidation sites excluding steroid dienone is 2. The van der Waals surface area contributed by atoms with Gasteiger partial charge in [0.2, 0.25) is 0 Å². The molecule has 6 heteroatoms. The monoisotopic (exact) mass is 467 g/mol. The van der Waals surface area contributed by atoms with Crippen LogP contribution < -0.4 is 4.90 Å². The van der Waals surface area contributed by atoms with Gasteiger partial charge in [0.05, 0.1) is 11.9 Å². The topological polar surface area (TPSA) is 77.3 Å². The molecule has 0 bridgehead atoms. The summed E-state index contributed by atoms with van der Waals surface area (Å²) < 4.78 is 13.8. The van der Waals surface area contributed by atoms with Crippen LogP contribution in [0.1, 0.15) is 43.7 Å². The molecular weight excluding hydrogens is 441 g/mol. The maximum atomic E-state index is 13.8. The van der Waals surface area contributed by atoms with Crippen LogP contribution in [-0.4, -0.2) is 21.7 Å². The van der Waals surface area contributed by atoms with Crippen LogP contribution in [-0.2, 0) is 4.79 Å². The molecule has 2 aliphatic rings. The molecule has 0 saturated heterocycles. The highest BCUT2D eigenvalue weighted by Crippen LogP contribution is 2.51. The highest BCUT2D eigenvalue weighted by Gasteiger charge is 2.46. The average molecular weight is 468 g/mol. The van der Waals surface area contributed by atoms with Gasteiger partial charge in [0.15, 0.2) is 5.78 Å². The molecule has 1 aliphatic carbocycles. The molecule has 0 fully saturated rings. The predicted molar refractivity (Wildman–Crippen MR) is 135 cm³/mol. The van der Waals surface area contributed by atoms with Crippen molar-refractivity contribution >= 4 is 23.1 Å². The van der Waals surface area contributed by atoms with Gasteiger partial charge in [-0.15, -0.1) is 0 Å². The highest BCUT2D eigenvalue weighted by molar-refractivity contribution is 6.19. The van der Waals surface area contributed by atoms with Gasteiger partial charge in [0, 0.05) is 40.9 Å². The lowest BCUT2D eigenvalue weighted by Crippen LogP contribution is -2.45. The lowest BCUT2D eigenvalue weighted by molar-refractivity contribution is -0.118. The number of aliphatic hydroxyl groups excluding tert-OH is 1. The van der Waals surface area contributed by atoms with Crippen molar-refractivity contribution in [3.05, 3.63) is 113 Å². The van der Waals surface area contributed by atoms with Crippen molar-refractivity contribution in [2.45, 2.75) is 32.6 Å². The zero-order valence-electron chi connectivity index (χ0n) is 19.6. The molecule has 2 heterocycles. The largest absolute Gasteiger partial charge is 0.507 e. The minimum absolute atomic E-state index is 0.0367. The first-order chi connectivity index (χ1) is 16.8. The number of hydrogen-bond acceptors (Lipinski definition) is 4. The second-order valence-electron chi connectivity index (χ2n) is 9.81. The molecule has 3 aromatic rings. The molecule has 5 rings (SSSR count). The summed E-state index contributed by atoms with van der Waals surface area (Å²) in [7, 11) is 0. The summed E-state index contributed by atoms with van der Waals surface area (Å²) in [6, 6.07) is 18.6. The molecule has 1 aromatic heterocycles. The van der Waals surface area contributed by atoms with Crippen molar-refractivity contribution in [1.29, 1.82) is 5.41 Å². The minimum atomic E-state index is -0.699. The molecule has 0 amide bonds. The molecule has 35 heavy (non-hydrogen) atoms. The van der Waals surface area contributed by atoms with E-state index in [1.165, 1.54) is 12.1 Å². The number of hydrogen-bond donors (Lipinski definition) is 2. The normalized spacial score (nSPS) is 21.1. The summed E-state index contributed by atoms with van der Waals surface area (Å²) in [5.41, 5.74) is 3.10. The number of aromatic nitrogens is 1. The number of rotatable bonds is 3. The molecule has 1 unspecified atom stereocenters. The maximum Gasteiger partial charge on any atom is 0.162 e. The van der Waals surface area contributed by atoms with Crippen LogP contribution >= 0.6 is 0 Å². The van der Waals surface area contributed by atoms with Crippen LogP contribution in [0.2, 0.25) is 0 Å². The average Bonchev–Trinajstić information content (AvgIpc) is 2.84. The fourth-order valence-corrected chi connectivity index (χ4v) is 5.13. The molecule has 0 saturated carbocycles. The van der Waals surface area contributed by atoms with Gasteiger partial charge in [0.25, 0.3) is 0 Å². The van der Waals surface area contributed by atoms with E-state index in [0.29, 0.717) is 40.8 Å². The Morgan fingerprint density at radius 3 is 2.43 bits per heavy atom. The number of nitrogens with one attached hydrogen (secondary N) is 1. The van der Waals surface area contributed by atoms with Gasteiger partial charge in [-0.25, -0.2) is 4.39 Å². The predicted octanol–water partition coefficient (Wildman–Crippen LogP) is 6.41. The number of nitrogens with zero attached hydrogens (tertiary/aromatic N) is 2. The van der Waals surface area contributed by atoms with Gasteiger partial charge in [-0.1, -0.05) is 56.3 Å². The number of amidine groups is 1. The molecule has 5 nitrogen and oxygen atoms in total. The lowest BCUT2D eigenvalue weighted by atomic mass is 9.67. The third-order valence-corrected chi connectivity index (χ3v) is 6.63. The van der Waals surface area contributed by atoms with E-state index in [9.17, 15) is 19.7 Å². The Bertz CT molecular complexity index is 1360. The second kappa shape index (κ2) is 8.62. The number of aliphatic hydroxyl groups is 1. The van der Waals surface area contributed by atoms with Crippen LogP contribution in [0.5, 0.6) is 0 Å². The number of carbonyl (C=O) groups is 1. The Morgan fingerprint density at radius 2 is 1.77 bits per heavy atom. The maximum absolute atomic E-state index is 13.8. The van der Waals surface area contributed by atoms with E-state index in [2.05, 4.69) is 4.98 Å². The molecule has 1 aliphatic heterocycles. The van der Waals surface area contributed by atoms with Gasteiger partial charge in [-0.05, 0) is 41.7 Å². The zero-order valence-corrected chi connectivity index (χ0v) is 19.6. The van der Waals surface area contributed by atoms with Gasteiger partial charge in [-0.3, -0.25) is 20.1 Å². The van der Waals surface area contributed by atoms with Crippen molar-refractivity contribution in [2.75, 3.05) is 4.90 Å². The zero-order chi connectivity index (χ0) is 24.7. The number of anilines is 1. The number of benzene rings is 2. The number of ketones is 1. The van der Waals surface area contributed by atoms with E-state index in [0.717, 1.165) is 5.70 Å². The first-order valence-corrected chi connectivity index (χ1v) is 11.6. The summed E-state index contributed by atoms with van der Waals surface area (Å²) >= 11 is 0. The van der Waals surface area contributed by atoms with Crippen molar-refractivity contribution in [3.8, 4) is 0 Å². The summed E-state index contributed by atoms with van der Waals surface area (Å²) in [5.74, 6) is -1.14. The second-order valence-corrected chi connectivity index (χ2v) is 9.81. The smallest absolute Gasteiger partial charge is 0.162 e. The number of Topliss-reactive ketones (excluding diaryl/α,β-unsaturated/α-hetero) is 1. The van der Waals surface area contributed by atoms with E-state index in [4.69, 9.17) is 0 Å². The summed E-state index contributed by atoms with van der Waals surface area (Å²) in [6.45, 7) is 4.08. The Hall–Kier alpha value is -4.06. The molecular formula is C29H26FN3O2. The van der Waals surface area contributed by atoms with E-state index in [1.807, 2.05) is 38.1 Å². The minimum Gasteiger partial charge on any atom is -0.507 e. The Balaban J connectivity index is 1.85. The fourth-order valence-electron chi connectivity index (χ4n) is 5.13. The van der Waals surface area contributed by atoms with Crippen molar-refractivity contribution < 1.29 is 14.3 Å². The van der Waals surface area contributed by atoms with Gasteiger partial charge in [-0.2, -0.15) is 0 Å². The van der Waals surface area contributed by atoms with E-state index >= 15 is 0 Å². The quantitative estimate of drug-likeness (QED) is 0.436. The first-order valence-electron chi connectivity index (χ1n) is 11.6. The van der Waals surface area contributed by atoms with Crippen molar-refractivity contribution in [2.24, 2.45) is 5.41 Å².